The quantitative estimate of drug-likeness (QED) is 0.326. The van der Waals surface area contributed by atoms with Gasteiger partial charge in [-0.2, -0.15) is 8.42 Å². The standard InChI is InChI=1S/C18H21BrN2O6S.ClH/c1-3-11-9-18(11,17(23)26-2)21-16(22)15-8-13(10-20-15)27-28(24,25)14-6-4-12(19)5-7-14;/h3-7,11,13,15,20H,1,8-10H2,2H3,(H,21,22);1H/t11-,13+,15+,18-;/m1./s1. The molecule has 160 valence electrons. The van der Waals surface area contributed by atoms with E-state index in [1.165, 1.54) is 19.2 Å². The second kappa shape index (κ2) is 9.13. The molecule has 1 aromatic carbocycles. The minimum atomic E-state index is -3.94. The summed E-state index contributed by atoms with van der Waals surface area (Å²) in [5, 5.41) is 5.67. The van der Waals surface area contributed by atoms with E-state index in [0.29, 0.717) is 6.42 Å². The molecule has 1 saturated carbocycles. The van der Waals surface area contributed by atoms with Crippen molar-refractivity contribution in [2.45, 2.75) is 35.4 Å². The number of amides is 1. The van der Waals surface area contributed by atoms with Gasteiger partial charge in [-0.05, 0) is 30.7 Å². The summed E-state index contributed by atoms with van der Waals surface area (Å²) in [5.74, 6) is -1.11. The van der Waals surface area contributed by atoms with Gasteiger partial charge in [0.15, 0.2) is 0 Å². The van der Waals surface area contributed by atoms with Gasteiger partial charge in [0, 0.05) is 23.4 Å². The third kappa shape index (κ3) is 5.00. The minimum absolute atomic E-state index is 0. The molecule has 2 aliphatic rings. The summed E-state index contributed by atoms with van der Waals surface area (Å²) in [6, 6.07) is 5.43. The van der Waals surface area contributed by atoms with Crippen LogP contribution in [-0.4, -0.2) is 51.6 Å². The third-order valence-electron chi connectivity index (χ3n) is 4.97. The van der Waals surface area contributed by atoms with Gasteiger partial charge in [-0.3, -0.25) is 8.98 Å². The monoisotopic (exact) mass is 508 g/mol. The van der Waals surface area contributed by atoms with Crippen LogP contribution in [0.1, 0.15) is 12.8 Å². The lowest BCUT2D eigenvalue weighted by atomic mass is 10.1. The Balaban J connectivity index is 0.00000300. The van der Waals surface area contributed by atoms with E-state index in [4.69, 9.17) is 8.92 Å². The van der Waals surface area contributed by atoms with E-state index < -0.39 is 39.7 Å². The van der Waals surface area contributed by atoms with Gasteiger partial charge in [0.1, 0.15) is 5.54 Å². The molecule has 4 atom stereocenters. The Morgan fingerprint density at radius 1 is 1.34 bits per heavy atom. The average molecular weight is 510 g/mol. The Morgan fingerprint density at radius 2 is 2.00 bits per heavy atom. The van der Waals surface area contributed by atoms with Crippen molar-refractivity contribution < 1.29 is 26.9 Å². The molecule has 2 fully saturated rings. The fourth-order valence-corrected chi connectivity index (χ4v) is 4.65. The topological polar surface area (TPSA) is 111 Å². The first-order valence-corrected chi connectivity index (χ1v) is 10.9. The molecule has 11 heteroatoms. The summed E-state index contributed by atoms with van der Waals surface area (Å²) in [6.07, 6.45) is 1.51. The van der Waals surface area contributed by atoms with Crippen LogP contribution in [0.25, 0.3) is 0 Å². The zero-order valence-electron chi connectivity index (χ0n) is 15.6. The van der Waals surface area contributed by atoms with Crippen LogP contribution < -0.4 is 10.6 Å². The van der Waals surface area contributed by atoms with Crippen LogP contribution >= 0.6 is 28.3 Å². The summed E-state index contributed by atoms with van der Waals surface area (Å²) >= 11 is 3.25. The Hall–Kier alpha value is -1.46. The van der Waals surface area contributed by atoms with Crippen molar-refractivity contribution >= 4 is 50.3 Å². The lowest BCUT2D eigenvalue weighted by Crippen LogP contribution is -2.51. The van der Waals surface area contributed by atoms with Crippen LogP contribution in [0, 0.1) is 5.92 Å². The van der Waals surface area contributed by atoms with E-state index in [1.54, 1.807) is 18.2 Å². The predicted octanol–water partition coefficient (Wildman–Crippen LogP) is 1.54. The van der Waals surface area contributed by atoms with E-state index >= 15 is 0 Å². The maximum atomic E-state index is 12.6. The van der Waals surface area contributed by atoms with E-state index in [1.807, 2.05) is 0 Å². The van der Waals surface area contributed by atoms with Crippen LogP contribution in [0.2, 0.25) is 0 Å². The fourth-order valence-electron chi connectivity index (χ4n) is 3.30. The first-order chi connectivity index (χ1) is 13.2. The molecule has 0 spiro atoms. The molecule has 8 nitrogen and oxygen atoms in total. The Bertz CT molecular complexity index is 894. The van der Waals surface area contributed by atoms with Gasteiger partial charge >= 0.3 is 5.97 Å². The van der Waals surface area contributed by atoms with Gasteiger partial charge in [-0.15, -0.1) is 19.0 Å². The third-order valence-corrected chi connectivity index (χ3v) is 6.87. The molecule has 3 rings (SSSR count). The highest BCUT2D eigenvalue weighted by molar-refractivity contribution is 9.10. The zero-order valence-corrected chi connectivity index (χ0v) is 18.8. The number of carbonyl (C=O) groups is 2. The second-order valence-corrected chi connectivity index (χ2v) is 9.31. The highest BCUT2D eigenvalue weighted by atomic mass is 79.9. The van der Waals surface area contributed by atoms with E-state index in [2.05, 4.69) is 33.1 Å². The maximum absolute atomic E-state index is 12.6. The smallest absolute Gasteiger partial charge is 0.332 e. The van der Waals surface area contributed by atoms with Crippen molar-refractivity contribution in [2.75, 3.05) is 13.7 Å². The zero-order chi connectivity index (χ0) is 20.5. The second-order valence-electron chi connectivity index (χ2n) is 6.82. The Kier molecular flexibility index (Phi) is 7.50. The number of rotatable bonds is 7. The van der Waals surface area contributed by atoms with Crippen molar-refractivity contribution in [1.82, 2.24) is 10.6 Å². The lowest BCUT2D eigenvalue weighted by Gasteiger charge is -2.19. The minimum Gasteiger partial charge on any atom is -0.467 e. The van der Waals surface area contributed by atoms with E-state index in [9.17, 15) is 18.0 Å². The van der Waals surface area contributed by atoms with Gasteiger partial charge < -0.3 is 15.4 Å². The van der Waals surface area contributed by atoms with Crippen LogP contribution in [-0.2, 0) is 28.6 Å². The molecule has 2 N–H and O–H groups in total. The average Bonchev–Trinajstić information content (AvgIpc) is 3.18. The summed E-state index contributed by atoms with van der Waals surface area (Å²) in [5.41, 5.74) is -1.09. The number of benzene rings is 1. The maximum Gasteiger partial charge on any atom is 0.332 e. The van der Waals surface area contributed by atoms with Gasteiger partial charge in [-0.1, -0.05) is 22.0 Å². The number of methoxy groups -OCH3 is 1. The highest BCUT2D eigenvalue weighted by Crippen LogP contribution is 2.45. The van der Waals surface area contributed by atoms with Crippen molar-refractivity contribution in [3.8, 4) is 0 Å². The molecule has 1 aromatic rings. The summed E-state index contributed by atoms with van der Waals surface area (Å²) in [7, 11) is -2.68. The lowest BCUT2D eigenvalue weighted by molar-refractivity contribution is -0.147. The molecular formula is C18H22BrClN2O6S. The van der Waals surface area contributed by atoms with Crippen LogP contribution in [0.15, 0.2) is 46.3 Å². The van der Waals surface area contributed by atoms with Crippen molar-refractivity contribution in [3.63, 3.8) is 0 Å². The van der Waals surface area contributed by atoms with Crippen molar-refractivity contribution in [3.05, 3.63) is 41.4 Å². The Labute approximate surface area is 184 Å². The molecule has 29 heavy (non-hydrogen) atoms. The Morgan fingerprint density at radius 3 is 2.55 bits per heavy atom. The molecule has 1 amide bonds. The number of halogens is 2. The normalized spacial score (nSPS) is 28.1. The molecule has 0 unspecified atom stereocenters. The number of hydrogen-bond donors (Lipinski definition) is 2. The molecular weight excluding hydrogens is 488 g/mol. The summed E-state index contributed by atoms with van der Waals surface area (Å²) in [6.45, 7) is 3.86. The van der Waals surface area contributed by atoms with Crippen LogP contribution in [0.4, 0.5) is 0 Å². The SMILES string of the molecule is C=C[C@@H]1C[C@]1(NC(=O)[C@@H]1C[C@H](OS(=O)(=O)c2ccc(Br)cc2)CN1)C(=O)OC.Cl. The highest BCUT2D eigenvalue weighted by Gasteiger charge is 2.61. The van der Waals surface area contributed by atoms with Gasteiger partial charge in [0.05, 0.1) is 24.2 Å². The summed E-state index contributed by atoms with van der Waals surface area (Å²) in [4.78, 5) is 24.7. The van der Waals surface area contributed by atoms with Crippen molar-refractivity contribution in [1.29, 1.82) is 0 Å². The molecule has 1 aliphatic heterocycles. The number of esters is 1. The molecule has 1 saturated heterocycles. The predicted molar refractivity (Wildman–Crippen MR) is 111 cm³/mol. The van der Waals surface area contributed by atoms with Gasteiger partial charge in [0.25, 0.3) is 10.1 Å². The molecule has 0 aromatic heterocycles. The fraction of sp³-hybridized carbons (Fsp3) is 0.444. The number of carbonyl (C=O) groups excluding carboxylic acids is 2. The molecule has 1 heterocycles. The van der Waals surface area contributed by atoms with Crippen LogP contribution in [0.3, 0.4) is 0 Å². The first-order valence-electron chi connectivity index (χ1n) is 8.67. The molecule has 1 aliphatic carbocycles. The van der Waals surface area contributed by atoms with Gasteiger partial charge in [-0.25, -0.2) is 4.79 Å². The number of hydrogen-bond acceptors (Lipinski definition) is 7. The first kappa shape index (κ1) is 23.8. The van der Waals surface area contributed by atoms with E-state index in [-0.39, 0.29) is 36.2 Å². The van der Waals surface area contributed by atoms with E-state index in [0.717, 1.165) is 4.47 Å². The largest absolute Gasteiger partial charge is 0.467 e. The van der Waals surface area contributed by atoms with Crippen LogP contribution in [0.5, 0.6) is 0 Å². The van der Waals surface area contributed by atoms with Crippen molar-refractivity contribution in [2.24, 2.45) is 5.92 Å². The molecule has 0 bridgehead atoms. The van der Waals surface area contributed by atoms with Gasteiger partial charge in [0.2, 0.25) is 5.91 Å². The summed E-state index contributed by atoms with van der Waals surface area (Å²) < 4.78 is 35.6. The molecule has 0 radical (unpaired) electrons. The number of nitrogens with one attached hydrogen (secondary N) is 2. The number of ether oxygens (including phenoxy) is 1.